The molecule has 1 unspecified atom stereocenters. The molecule has 0 saturated heterocycles. The van der Waals surface area contributed by atoms with Crippen LogP contribution in [0.3, 0.4) is 0 Å². The van der Waals surface area contributed by atoms with Gasteiger partial charge in [0.05, 0.1) is 0 Å². The minimum atomic E-state index is 0.609. The van der Waals surface area contributed by atoms with E-state index in [-0.39, 0.29) is 0 Å². The van der Waals surface area contributed by atoms with Gasteiger partial charge in [-0.1, -0.05) is 32.9 Å². The molecule has 0 amide bonds. The molecule has 0 aromatic carbocycles. The van der Waals surface area contributed by atoms with Crippen LogP contribution in [-0.4, -0.2) is 6.21 Å². The van der Waals surface area contributed by atoms with Crippen LogP contribution in [0.25, 0.3) is 0 Å². The number of rotatable bonds is 5. The number of allylic oxidation sites excluding steroid dienone is 3. The Bertz CT molecular complexity index is 211. The molecule has 1 heteroatoms. The van der Waals surface area contributed by atoms with Crippen LogP contribution in [-0.2, 0) is 0 Å². The largest absolute Gasteiger partial charge is 0.262 e. The summed E-state index contributed by atoms with van der Waals surface area (Å²) in [7, 11) is 0. The first-order valence-corrected chi connectivity index (χ1v) is 4.97. The third kappa shape index (κ3) is 5.40. The molecule has 0 saturated carbocycles. The van der Waals surface area contributed by atoms with Gasteiger partial charge in [-0.05, 0) is 31.8 Å². The van der Waals surface area contributed by atoms with Crippen molar-refractivity contribution in [2.24, 2.45) is 10.9 Å². The maximum atomic E-state index is 4.21. The molecule has 1 atom stereocenters. The predicted molar refractivity (Wildman–Crippen MR) is 61.1 cm³/mol. The SMILES string of the molecule is C=C(C)N=C/C(=C\C)C(C)CCC. The van der Waals surface area contributed by atoms with Crippen LogP contribution >= 0.6 is 0 Å². The Morgan fingerprint density at radius 3 is 2.54 bits per heavy atom. The zero-order valence-electron chi connectivity index (χ0n) is 9.30. The molecular weight excluding hydrogens is 158 g/mol. The number of hydrogen-bond acceptors (Lipinski definition) is 1. The van der Waals surface area contributed by atoms with Crippen molar-refractivity contribution in [1.82, 2.24) is 0 Å². The Morgan fingerprint density at radius 1 is 1.54 bits per heavy atom. The van der Waals surface area contributed by atoms with E-state index in [9.17, 15) is 0 Å². The van der Waals surface area contributed by atoms with Crippen molar-refractivity contribution in [2.75, 3.05) is 0 Å². The first-order valence-electron chi connectivity index (χ1n) is 4.97. The van der Waals surface area contributed by atoms with Crippen LogP contribution in [0.5, 0.6) is 0 Å². The summed E-state index contributed by atoms with van der Waals surface area (Å²) < 4.78 is 0. The average molecular weight is 179 g/mol. The summed E-state index contributed by atoms with van der Waals surface area (Å²) >= 11 is 0. The maximum absolute atomic E-state index is 4.21. The molecule has 0 aliphatic rings. The van der Waals surface area contributed by atoms with Crippen LogP contribution < -0.4 is 0 Å². The predicted octanol–water partition coefficient (Wildman–Crippen LogP) is 3.97. The topological polar surface area (TPSA) is 12.4 Å². The van der Waals surface area contributed by atoms with Gasteiger partial charge in [0.2, 0.25) is 0 Å². The second-order valence-electron chi connectivity index (χ2n) is 3.47. The van der Waals surface area contributed by atoms with E-state index in [4.69, 9.17) is 0 Å². The highest BCUT2D eigenvalue weighted by Crippen LogP contribution is 2.14. The Kier molecular flexibility index (Phi) is 6.21. The van der Waals surface area contributed by atoms with Gasteiger partial charge in [-0.25, -0.2) is 0 Å². The second-order valence-corrected chi connectivity index (χ2v) is 3.47. The van der Waals surface area contributed by atoms with Crippen molar-refractivity contribution in [2.45, 2.75) is 40.5 Å². The lowest BCUT2D eigenvalue weighted by Crippen LogP contribution is -2.00. The van der Waals surface area contributed by atoms with Crippen LogP contribution in [0, 0.1) is 5.92 Å². The maximum Gasteiger partial charge on any atom is 0.0302 e. The highest BCUT2D eigenvalue weighted by Gasteiger charge is 2.03. The van der Waals surface area contributed by atoms with Crippen LogP contribution in [0.15, 0.2) is 28.9 Å². The van der Waals surface area contributed by atoms with Crippen molar-refractivity contribution < 1.29 is 0 Å². The number of hydrogen-bond donors (Lipinski definition) is 0. The van der Waals surface area contributed by atoms with E-state index < -0.39 is 0 Å². The summed E-state index contributed by atoms with van der Waals surface area (Å²) in [6.45, 7) is 12.2. The van der Waals surface area contributed by atoms with Crippen LogP contribution in [0.2, 0.25) is 0 Å². The molecule has 0 aromatic rings. The van der Waals surface area contributed by atoms with Gasteiger partial charge < -0.3 is 0 Å². The zero-order chi connectivity index (χ0) is 10.3. The minimum Gasteiger partial charge on any atom is -0.262 e. The summed E-state index contributed by atoms with van der Waals surface area (Å²) in [6, 6.07) is 0. The van der Waals surface area contributed by atoms with Gasteiger partial charge in [-0.15, -0.1) is 0 Å². The monoisotopic (exact) mass is 179 g/mol. The van der Waals surface area contributed by atoms with Crippen molar-refractivity contribution in [3.63, 3.8) is 0 Å². The standard InChI is InChI=1S/C12H21N/c1-6-8-11(5)12(7-2)9-13-10(3)4/h7,9,11H,3,6,8H2,1-2,4-5H3/b12-7+,13-9?. The van der Waals surface area contributed by atoms with Gasteiger partial charge in [0.15, 0.2) is 0 Å². The van der Waals surface area contributed by atoms with Gasteiger partial charge in [-0.3, -0.25) is 4.99 Å². The molecule has 0 fully saturated rings. The molecule has 1 nitrogen and oxygen atoms in total. The summed E-state index contributed by atoms with van der Waals surface area (Å²) in [4.78, 5) is 4.21. The quantitative estimate of drug-likeness (QED) is 0.566. The molecule has 0 rings (SSSR count). The van der Waals surface area contributed by atoms with E-state index in [2.05, 4.69) is 38.4 Å². The Labute approximate surface area is 82.3 Å². The molecule has 0 radical (unpaired) electrons. The van der Waals surface area contributed by atoms with Gasteiger partial charge >= 0.3 is 0 Å². The van der Waals surface area contributed by atoms with E-state index in [1.54, 1.807) is 0 Å². The second kappa shape index (κ2) is 6.64. The highest BCUT2D eigenvalue weighted by atomic mass is 14.7. The van der Waals surface area contributed by atoms with Crippen molar-refractivity contribution in [3.05, 3.63) is 23.9 Å². The van der Waals surface area contributed by atoms with Gasteiger partial charge in [0.25, 0.3) is 0 Å². The molecule has 0 N–H and O–H groups in total. The van der Waals surface area contributed by atoms with Crippen molar-refractivity contribution in [1.29, 1.82) is 0 Å². The van der Waals surface area contributed by atoms with Crippen molar-refractivity contribution in [3.8, 4) is 0 Å². The zero-order valence-corrected chi connectivity index (χ0v) is 9.30. The summed E-state index contributed by atoms with van der Waals surface area (Å²) in [6.07, 6.45) is 6.51. The Balaban J connectivity index is 4.27. The molecule has 0 heterocycles. The molecule has 13 heavy (non-hydrogen) atoms. The number of nitrogens with zero attached hydrogens (tertiary/aromatic N) is 1. The van der Waals surface area contributed by atoms with Crippen LogP contribution in [0.4, 0.5) is 0 Å². The minimum absolute atomic E-state index is 0.609. The van der Waals surface area contributed by atoms with E-state index in [1.165, 1.54) is 18.4 Å². The normalized spacial score (nSPS) is 14.9. The fourth-order valence-electron chi connectivity index (χ4n) is 1.27. The summed E-state index contributed by atoms with van der Waals surface area (Å²) in [5, 5.41) is 0. The third-order valence-electron chi connectivity index (χ3n) is 2.06. The number of aliphatic imine (C=N–C) groups is 1. The smallest absolute Gasteiger partial charge is 0.0302 e. The van der Waals surface area contributed by atoms with E-state index >= 15 is 0 Å². The molecule has 0 aromatic heterocycles. The van der Waals surface area contributed by atoms with E-state index in [0.717, 1.165) is 5.70 Å². The lowest BCUT2D eigenvalue weighted by Gasteiger charge is -2.10. The molecule has 0 aliphatic heterocycles. The highest BCUT2D eigenvalue weighted by molar-refractivity contribution is 5.79. The fraction of sp³-hybridized carbons (Fsp3) is 0.583. The van der Waals surface area contributed by atoms with Crippen LogP contribution in [0.1, 0.15) is 40.5 Å². The lowest BCUT2D eigenvalue weighted by molar-refractivity contribution is 0.620. The first kappa shape index (κ1) is 12.2. The molecule has 0 aliphatic carbocycles. The lowest BCUT2D eigenvalue weighted by atomic mass is 9.97. The summed E-state index contributed by atoms with van der Waals surface area (Å²) in [5.74, 6) is 0.609. The van der Waals surface area contributed by atoms with Gasteiger partial charge in [0, 0.05) is 11.9 Å². The molecule has 0 spiro atoms. The molecule has 0 bridgehead atoms. The summed E-state index contributed by atoms with van der Waals surface area (Å²) in [5.41, 5.74) is 2.17. The van der Waals surface area contributed by atoms with Gasteiger partial charge in [0.1, 0.15) is 0 Å². The van der Waals surface area contributed by atoms with E-state index in [1.807, 2.05) is 13.1 Å². The van der Waals surface area contributed by atoms with Crippen molar-refractivity contribution >= 4 is 6.21 Å². The fourth-order valence-corrected chi connectivity index (χ4v) is 1.27. The molecular formula is C12H21N. The van der Waals surface area contributed by atoms with E-state index in [0.29, 0.717) is 5.92 Å². The average Bonchev–Trinajstić information content (AvgIpc) is 2.05. The molecule has 74 valence electrons. The Morgan fingerprint density at radius 2 is 2.15 bits per heavy atom. The Hall–Kier alpha value is -0.850. The third-order valence-corrected chi connectivity index (χ3v) is 2.06. The first-order chi connectivity index (χ1) is 6.11. The van der Waals surface area contributed by atoms with Gasteiger partial charge in [-0.2, -0.15) is 0 Å².